The van der Waals surface area contributed by atoms with Crippen LogP contribution in [0.5, 0.6) is 5.75 Å². The Hall–Kier alpha value is -3.89. The van der Waals surface area contributed by atoms with E-state index in [0.29, 0.717) is 10.8 Å². The molecule has 0 radical (unpaired) electrons. The summed E-state index contributed by atoms with van der Waals surface area (Å²) in [4.78, 5) is 41.5. The number of nitrogens with one attached hydrogen (secondary N) is 2. The van der Waals surface area contributed by atoms with Crippen molar-refractivity contribution in [2.45, 2.75) is 23.0 Å². The number of carboxylic acid groups (broad SMARTS) is 1. The number of thioether (sulfide) groups is 1. The highest BCUT2D eigenvalue weighted by Crippen LogP contribution is 2.38. The molecule has 1 unspecified atom stereocenters. The first-order chi connectivity index (χ1) is 17.4. The monoisotopic (exact) mass is 521 g/mol. The molecule has 0 aliphatic heterocycles. The van der Waals surface area contributed by atoms with Crippen LogP contribution in [0.25, 0.3) is 10.2 Å². The van der Waals surface area contributed by atoms with Crippen molar-refractivity contribution >= 4 is 61.9 Å². The summed E-state index contributed by atoms with van der Waals surface area (Å²) in [6.45, 7) is 0. The Morgan fingerprint density at radius 3 is 2.56 bits per heavy atom. The Labute approximate surface area is 215 Å². The van der Waals surface area contributed by atoms with Gasteiger partial charge in [-0.05, 0) is 42.0 Å². The molecule has 3 aromatic carbocycles. The number of fused-ring (bicyclic) bond motifs is 1. The zero-order valence-electron chi connectivity index (χ0n) is 19.3. The molecule has 184 valence electrons. The minimum atomic E-state index is -1.03. The number of methoxy groups -OCH3 is 1. The number of benzene rings is 3. The number of nitrogens with zero attached hydrogens (tertiary/aromatic N) is 1. The summed E-state index contributed by atoms with van der Waals surface area (Å²) < 4.78 is 6.17. The number of aromatic nitrogens is 1. The van der Waals surface area contributed by atoms with Crippen molar-refractivity contribution < 1.29 is 24.2 Å². The van der Waals surface area contributed by atoms with Crippen LogP contribution in [-0.2, 0) is 14.4 Å². The third kappa shape index (κ3) is 6.61. The molecule has 4 rings (SSSR count). The molecule has 0 spiro atoms. The Balaban J connectivity index is 1.52. The first-order valence-corrected chi connectivity index (χ1v) is 12.7. The maximum absolute atomic E-state index is 13.4. The highest BCUT2D eigenvalue weighted by atomic mass is 32.2. The third-order valence-electron chi connectivity index (χ3n) is 5.10. The molecular formula is C26H23N3O5S2. The minimum Gasteiger partial charge on any atom is -0.497 e. The largest absolute Gasteiger partial charge is 0.497 e. The van der Waals surface area contributed by atoms with Crippen molar-refractivity contribution in [3.63, 3.8) is 0 Å². The van der Waals surface area contributed by atoms with Gasteiger partial charge in [-0.25, -0.2) is 4.98 Å². The van der Waals surface area contributed by atoms with Gasteiger partial charge in [0.1, 0.15) is 11.0 Å². The summed E-state index contributed by atoms with van der Waals surface area (Å²) in [6.07, 6.45) is -0.356. The normalized spacial score (nSPS) is 11.6. The van der Waals surface area contributed by atoms with Crippen molar-refractivity contribution in [3.05, 3.63) is 78.4 Å². The van der Waals surface area contributed by atoms with Crippen LogP contribution in [0.3, 0.4) is 0 Å². The quantitative estimate of drug-likeness (QED) is 0.233. The van der Waals surface area contributed by atoms with E-state index in [4.69, 9.17) is 9.84 Å². The summed E-state index contributed by atoms with van der Waals surface area (Å²) in [6, 6.07) is 22.1. The lowest BCUT2D eigenvalue weighted by Crippen LogP contribution is -2.19. The van der Waals surface area contributed by atoms with Crippen molar-refractivity contribution in [2.75, 3.05) is 17.7 Å². The molecule has 10 heteroatoms. The number of amides is 2. The fraction of sp³-hybridized carbons (Fsp3) is 0.154. The summed E-state index contributed by atoms with van der Waals surface area (Å²) >= 11 is 2.71. The van der Waals surface area contributed by atoms with Gasteiger partial charge in [0.25, 0.3) is 0 Å². The van der Waals surface area contributed by atoms with Crippen molar-refractivity contribution in [2.24, 2.45) is 0 Å². The lowest BCUT2D eigenvalue weighted by molar-refractivity contribution is -0.138. The molecule has 4 aromatic rings. The van der Waals surface area contributed by atoms with Crippen LogP contribution in [-0.4, -0.2) is 35.0 Å². The van der Waals surface area contributed by atoms with Crippen LogP contribution < -0.4 is 15.4 Å². The van der Waals surface area contributed by atoms with Gasteiger partial charge in [0.05, 0.1) is 23.7 Å². The number of ether oxygens (including phenoxy) is 1. The van der Waals surface area contributed by atoms with E-state index in [1.54, 1.807) is 25.3 Å². The molecule has 0 bridgehead atoms. The number of thiazole rings is 1. The summed E-state index contributed by atoms with van der Waals surface area (Å²) in [5.41, 5.74) is 2.12. The second-order valence-corrected chi connectivity index (χ2v) is 9.93. The van der Waals surface area contributed by atoms with Crippen molar-refractivity contribution in [3.8, 4) is 5.75 Å². The fourth-order valence-electron chi connectivity index (χ4n) is 3.38. The molecule has 0 aliphatic rings. The second-order valence-electron chi connectivity index (χ2n) is 7.72. The Kier molecular flexibility index (Phi) is 8.19. The maximum atomic E-state index is 13.4. The lowest BCUT2D eigenvalue weighted by Gasteiger charge is -2.17. The Morgan fingerprint density at radius 2 is 1.81 bits per heavy atom. The molecular weight excluding hydrogens is 498 g/mol. The smallest absolute Gasteiger partial charge is 0.303 e. The number of carboxylic acids is 1. The topological polar surface area (TPSA) is 118 Å². The number of rotatable bonds is 10. The van der Waals surface area contributed by atoms with Gasteiger partial charge in [0.2, 0.25) is 11.8 Å². The molecule has 0 saturated carbocycles. The summed E-state index contributed by atoms with van der Waals surface area (Å²) in [5.74, 6) is -0.924. The molecule has 3 N–H and O–H groups in total. The van der Waals surface area contributed by atoms with E-state index in [0.717, 1.165) is 26.4 Å². The first-order valence-electron chi connectivity index (χ1n) is 11.0. The van der Waals surface area contributed by atoms with Crippen molar-refractivity contribution in [1.29, 1.82) is 0 Å². The standard InChI is InChI=1S/C26H23N3O5S2/c1-34-18-10-11-20-21(15-18)36-26(28-20)29-25(33)24(16-6-3-2-4-7-16)35-19-9-5-8-17(14-19)27-22(30)12-13-23(31)32/h2-11,14-15,24H,12-13H2,1H3,(H,27,30)(H,31,32)(H,28,29,33). The molecule has 0 saturated heterocycles. The SMILES string of the molecule is COc1ccc2nc(NC(=O)C(Sc3cccc(NC(=O)CCC(=O)O)c3)c3ccccc3)sc2c1. The van der Waals surface area contributed by atoms with Gasteiger partial charge < -0.3 is 20.5 Å². The number of aliphatic carboxylic acids is 1. The average Bonchev–Trinajstić information content (AvgIpc) is 3.28. The Morgan fingerprint density at radius 1 is 1.00 bits per heavy atom. The molecule has 1 aromatic heterocycles. The van der Waals surface area contributed by atoms with Gasteiger partial charge in [-0.2, -0.15) is 0 Å². The van der Waals surface area contributed by atoms with E-state index in [9.17, 15) is 14.4 Å². The van der Waals surface area contributed by atoms with Gasteiger partial charge in [-0.1, -0.05) is 47.7 Å². The molecule has 36 heavy (non-hydrogen) atoms. The van der Waals surface area contributed by atoms with E-state index in [2.05, 4.69) is 15.6 Å². The average molecular weight is 522 g/mol. The number of hydrogen-bond donors (Lipinski definition) is 3. The molecule has 2 amide bonds. The lowest BCUT2D eigenvalue weighted by atomic mass is 10.1. The zero-order chi connectivity index (χ0) is 25.5. The van der Waals surface area contributed by atoms with E-state index >= 15 is 0 Å². The summed E-state index contributed by atoms with van der Waals surface area (Å²) in [7, 11) is 1.60. The molecule has 8 nitrogen and oxygen atoms in total. The molecule has 1 atom stereocenters. The maximum Gasteiger partial charge on any atom is 0.303 e. The van der Waals surface area contributed by atoms with Crippen molar-refractivity contribution in [1.82, 2.24) is 4.98 Å². The predicted octanol–water partition coefficient (Wildman–Crippen LogP) is 5.58. The number of carbonyl (C=O) groups is 3. The minimum absolute atomic E-state index is 0.115. The van der Waals surface area contributed by atoms with E-state index in [-0.39, 0.29) is 24.7 Å². The van der Waals surface area contributed by atoms with E-state index in [1.807, 2.05) is 54.6 Å². The third-order valence-corrected chi connectivity index (χ3v) is 7.29. The van der Waals surface area contributed by atoms with Crippen LogP contribution in [0.15, 0.2) is 77.7 Å². The van der Waals surface area contributed by atoms with Crippen LogP contribution in [0.1, 0.15) is 23.7 Å². The summed E-state index contributed by atoms with van der Waals surface area (Å²) in [5, 5.41) is 14.3. The predicted molar refractivity (Wildman–Crippen MR) is 142 cm³/mol. The van der Waals surface area contributed by atoms with Gasteiger partial charge >= 0.3 is 5.97 Å². The highest BCUT2D eigenvalue weighted by molar-refractivity contribution is 8.00. The van der Waals surface area contributed by atoms with Gasteiger partial charge in [0, 0.05) is 17.0 Å². The van der Waals surface area contributed by atoms with E-state index in [1.165, 1.54) is 23.1 Å². The van der Waals surface area contributed by atoms with Crippen LogP contribution >= 0.6 is 23.1 Å². The van der Waals surface area contributed by atoms with Crippen LogP contribution in [0.2, 0.25) is 0 Å². The van der Waals surface area contributed by atoms with Gasteiger partial charge in [-0.15, -0.1) is 11.8 Å². The molecule has 1 heterocycles. The fourth-order valence-corrected chi connectivity index (χ4v) is 5.37. The highest BCUT2D eigenvalue weighted by Gasteiger charge is 2.23. The molecule has 0 fully saturated rings. The van der Waals surface area contributed by atoms with Crippen LogP contribution in [0.4, 0.5) is 10.8 Å². The number of anilines is 2. The Bertz CT molecular complexity index is 1390. The van der Waals surface area contributed by atoms with Gasteiger partial charge in [-0.3, -0.25) is 14.4 Å². The number of carbonyl (C=O) groups excluding carboxylic acids is 2. The molecule has 0 aliphatic carbocycles. The van der Waals surface area contributed by atoms with Crippen LogP contribution in [0, 0.1) is 0 Å². The second kappa shape index (κ2) is 11.7. The first kappa shape index (κ1) is 25.2. The zero-order valence-corrected chi connectivity index (χ0v) is 20.9. The number of hydrogen-bond acceptors (Lipinski definition) is 7. The van der Waals surface area contributed by atoms with E-state index < -0.39 is 11.2 Å². The van der Waals surface area contributed by atoms with Gasteiger partial charge in [0.15, 0.2) is 5.13 Å².